The Labute approximate surface area is 167 Å². The van der Waals surface area contributed by atoms with E-state index in [9.17, 15) is 4.79 Å². The van der Waals surface area contributed by atoms with Crippen LogP contribution in [0.25, 0.3) is 11.5 Å². The SMILES string of the molecule is Cc1ccnc(-c2n[nH]c(C(C)NC(=O)c3cnc(OC(C)C)c(Cl)c3)n2)c1. The fourth-order valence-electron chi connectivity index (χ4n) is 2.45. The highest BCUT2D eigenvalue weighted by molar-refractivity contribution is 6.32. The van der Waals surface area contributed by atoms with Crippen molar-refractivity contribution in [2.45, 2.75) is 39.8 Å². The van der Waals surface area contributed by atoms with Crippen molar-refractivity contribution in [3.05, 3.63) is 52.6 Å². The Hall–Kier alpha value is -3.00. The molecule has 0 aromatic carbocycles. The third-order valence-corrected chi connectivity index (χ3v) is 4.09. The lowest BCUT2D eigenvalue weighted by Gasteiger charge is -2.13. The zero-order valence-corrected chi connectivity index (χ0v) is 16.8. The number of amides is 1. The summed E-state index contributed by atoms with van der Waals surface area (Å²) in [6.07, 6.45) is 3.07. The molecule has 0 aliphatic heterocycles. The predicted molar refractivity (Wildman–Crippen MR) is 105 cm³/mol. The van der Waals surface area contributed by atoms with E-state index in [1.54, 1.807) is 13.1 Å². The van der Waals surface area contributed by atoms with Gasteiger partial charge in [0.25, 0.3) is 5.91 Å². The second-order valence-electron chi connectivity index (χ2n) is 6.64. The second kappa shape index (κ2) is 8.35. The van der Waals surface area contributed by atoms with Gasteiger partial charge in [-0.1, -0.05) is 11.6 Å². The van der Waals surface area contributed by atoms with Crippen molar-refractivity contribution in [1.82, 2.24) is 30.5 Å². The van der Waals surface area contributed by atoms with Gasteiger partial charge >= 0.3 is 0 Å². The molecule has 0 aliphatic carbocycles. The predicted octanol–water partition coefficient (Wildman–Crippen LogP) is 3.50. The van der Waals surface area contributed by atoms with Crippen LogP contribution in [0.5, 0.6) is 5.88 Å². The maximum absolute atomic E-state index is 12.5. The van der Waals surface area contributed by atoms with E-state index < -0.39 is 6.04 Å². The molecule has 3 aromatic rings. The van der Waals surface area contributed by atoms with Crippen LogP contribution in [-0.2, 0) is 0 Å². The topological polar surface area (TPSA) is 106 Å². The summed E-state index contributed by atoms with van der Waals surface area (Å²) < 4.78 is 5.48. The first-order chi connectivity index (χ1) is 13.3. The molecular formula is C19H21ClN6O2. The first-order valence-corrected chi connectivity index (χ1v) is 9.19. The molecular weight excluding hydrogens is 380 g/mol. The first kappa shape index (κ1) is 19.8. The molecule has 0 saturated heterocycles. The number of hydrogen-bond acceptors (Lipinski definition) is 6. The molecule has 0 radical (unpaired) electrons. The van der Waals surface area contributed by atoms with Gasteiger partial charge < -0.3 is 10.1 Å². The Morgan fingerprint density at radius 3 is 2.71 bits per heavy atom. The van der Waals surface area contributed by atoms with Crippen molar-refractivity contribution in [3.63, 3.8) is 0 Å². The average Bonchev–Trinajstić information content (AvgIpc) is 3.13. The number of carbonyl (C=O) groups excluding carboxylic acids is 1. The normalized spacial score (nSPS) is 12.1. The monoisotopic (exact) mass is 400 g/mol. The van der Waals surface area contributed by atoms with Gasteiger partial charge in [-0.3, -0.25) is 14.9 Å². The summed E-state index contributed by atoms with van der Waals surface area (Å²) in [5.41, 5.74) is 2.05. The molecule has 0 saturated carbocycles. The van der Waals surface area contributed by atoms with Gasteiger partial charge in [-0.05, 0) is 51.5 Å². The minimum absolute atomic E-state index is 0.0618. The van der Waals surface area contributed by atoms with Crippen LogP contribution < -0.4 is 10.1 Å². The van der Waals surface area contributed by atoms with Crippen LogP contribution >= 0.6 is 11.6 Å². The highest BCUT2D eigenvalue weighted by Gasteiger charge is 2.18. The smallest absolute Gasteiger partial charge is 0.253 e. The van der Waals surface area contributed by atoms with Gasteiger partial charge in [-0.15, -0.1) is 0 Å². The van der Waals surface area contributed by atoms with Gasteiger partial charge in [0.1, 0.15) is 16.5 Å². The molecule has 3 aromatic heterocycles. The number of aryl methyl sites for hydroxylation is 1. The number of hydrogen-bond donors (Lipinski definition) is 2. The minimum Gasteiger partial charge on any atom is -0.474 e. The molecule has 3 heterocycles. The van der Waals surface area contributed by atoms with E-state index in [0.717, 1.165) is 5.56 Å². The number of H-pyrrole nitrogens is 1. The molecule has 0 spiro atoms. The molecule has 1 unspecified atom stereocenters. The molecule has 28 heavy (non-hydrogen) atoms. The molecule has 0 aliphatic rings. The summed E-state index contributed by atoms with van der Waals surface area (Å²) >= 11 is 6.15. The lowest BCUT2D eigenvalue weighted by Crippen LogP contribution is -2.27. The van der Waals surface area contributed by atoms with E-state index in [-0.39, 0.29) is 17.0 Å². The van der Waals surface area contributed by atoms with Crippen molar-refractivity contribution in [2.75, 3.05) is 0 Å². The number of pyridine rings is 2. The average molecular weight is 401 g/mol. The van der Waals surface area contributed by atoms with Crippen LogP contribution in [0.4, 0.5) is 0 Å². The fourth-order valence-corrected chi connectivity index (χ4v) is 2.66. The Morgan fingerprint density at radius 2 is 2.04 bits per heavy atom. The largest absolute Gasteiger partial charge is 0.474 e. The molecule has 1 atom stereocenters. The van der Waals surface area contributed by atoms with E-state index in [2.05, 4.69) is 30.5 Å². The van der Waals surface area contributed by atoms with Gasteiger partial charge in [0.05, 0.1) is 17.7 Å². The zero-order chi connectivity index (χ0) is 20.3. The van der Waals surface area contributed by atoms with Crippen LogP contribution in [0, 0.1) is 6.92 Å². The van der Waals surface area contributed by atoms with Crippen molar-refractivity contribution in [3.8, 4) is 17.4 Å². The second-order valence-corrected chi connectivity index (χ2v) is 7.04. The van der Waals surface area contributed by atoms with Gasteiger partial charge in [0.2, 0.25) is 5.88 Å². The number of aromatic nitrogens is 5. The number of halogens is 1. The molecule has 2 N–H and O–H groups in total. The number of aromatic amines is 1. The van der Waals surface area contributed by atoms with Crippen molar-refractivity contribution >= 4 is 17.5 Å². The van der Waals surface area contributed by atoms with Gasteiger partial charge in [-0.2, -0.15) is 5.10 Å². The summed E-state index contributed by atoms with van der Waals surface area (Å²) in [4.78, 5) is 25.3. The molecule has 146 valence electrons. The molecule has 0 bridgehead atoms. The van der Waals surface area contributed by atoms with Crippen LogP contribution in [0.2, 0.25) is 5.02 Å². The van der Waals surface area contributed by atoms with E-state index in [1.165, 1.54) is 12.3 Å². The Morgan fingerprint density at radius 1 is 1.25 bits per heavy atom. The van der Waals surface area contributed by atoms with Gasteiger partial charge in [-0.25, -0.2) is 9.97 Å². The maximum atomic E-state index is 12.5. The Kier molecular flexibility index (Phi) is 5.89. The van der Waals surface area contributed by atoms with Gasteiger partial charge in [0, 0.05) is 12.4 Å². The van der Waals surface area contributed by atoms with E-state index in [0.29, 0.717) is 28.8 Å². The summed E-state index contributed by atoms with van der Waals surface area (Å²) in [6.45, 7) is 7.52. The highest BCUT2D eigenvalue weighted by Crippen LogP contribution is 2.24. The highest BCUT2D eigenvalue weighted by atomic mass is 35.5. The molecule has 8 nitrogen and oxygen atoms in total. The van der Waals surface area contributed by atoms with Gasteiger partial charge in [0.15, 0.2) is 5.82 Å². The van der Waals surface area contributed by atoms with E-state index in [4.69, 9.17) is 16.3 Å². The molecule has 3 rings (SSSR count). The van der Waals surface area contributed by atoms with E-state index in [1.807, 2.05) is 32.9 Å². The number of rotatable bonds is 6. The van der Waals surface area contributed by atoms with Crippen LogP contribution in [0.15, 0.2) is 30.6 Å². The molecule has 1 amide bonds. The number of ether oxygens (including phenoxy) is 1. The quantitative estimate of drug-likeness (QED) is 0.655. The van der Waals surface area contributed by atoms with Crippen LogP contribution in [0.1, 0.15) is 48.6 Å². The molecule has 9 heteroatoms. The van der Waals surface area contributed by atoms with Crippen molar-refractivity contribution in [1.29, 1.82) is 0 Å². The third kappa shape index (κ3) is 4.64. The number of carbonyl (C=O) groups is 1. The lowest BCUT2D eigenvalue weighted by atomic mass is 10.2. The van der Waals surface area contributed by atoms with Crippen LogP contribution in [-0.4, -0.2) is 37.2 Å². The third-order valence-electron chi connectivity index (χ3n) is 3.82. The Bertz CT molecular complexity index is 988. The Balaban J connectivity index is 1.70. The summed E-state index contributed by atoms with van der Waals surface area (Å²) in [7, 11) is 0. The fraction of sp³-hybridized carbons (Fsp3) is 0.316. The first-order valence-electron chi connectivity index (χ1n) is 8.82. The number of nitrogens with zero attached hydrogens (tertiary/aromatic N) is 4. The van der Waals surface area contributed by atoms with Crippen molar-refractivity contribution in [2.24, 2.45) is 0 Å². The number of nitrogens with one attached hydrogen (secondary N) is 2. The van der Waals surface area contributed by atoms with E-state index >= 15 is 0 Å². The van der Waals surface area contributed by atoms with Crippen LogP contribution in [0.3, 0.4) is 0 Å². The summed E-state index contributed by atoms with van der Waals surface area (Å²) in [6, 6.07) is 4.92. The standard InChI is InChI=1S/C19H21ClN6O2/c1-10(2)28-19-14(20)8-13(9-22-19)18(27)23-12(4)16-24-17(26-25-16)15-7-11(3)5-6-21-15/h5-10,12H,1-4H3,(H,23,27)(H,24,25,26). The zero-order valence-electron chi connectivity index (χ0n) is 16.0. The summed E-state index contributed by atoms with van der Waals surface area (Å²) in [5.74, 6) is 0.960. The summed E-state index contributed by atoms with van der Waals surface area (Å²) in [5, 5.41) is 10.1. The maximum Gasteiger partial charge on any atom is 0.253 e. The molecule has 0 fully saturated rings. The van der Waals surface area contributed by atoms with Crippen molar-refractivity contribution < 1.29 is 9.53 Å². The lowest BCUT2D eigenvalue weighted by molar-refractivity contribution is 0.0938. The minimum atomic E-state index is -0.399.